The Balaban J connectivity index is 2.30. The monoisotopic (exact) mass is 284 g/mol. The topological polar surface area (TPSA) is 43.4 Å². The van der Waals surface area contributed by atoms with E-state index in [1.54, 1.807) is 24.3 Å². The van der Waals surface area contributed by atoms with Crippen molar-refractivity contribution in [1.29, 1.82) is 0 Å². The molecule has 0 spiro atoms. The van der Waals surface area contributed by atoms with E-state index in [2.05, 4.69) is 11.8 Å². The fourth-order valence-corrected chi connectivity index (χ4v) is 2.35. The average molecular weight is 285 g/mol. The van der Waals surface area contributed by atoms with Crippen LogP contribution in [0.5, 0.6) is 0 Å². The molecule has 0 N–H and O–H groups in total. The van der Waals surface area contributed by atoms with Crippen LogP contribution in [0.4, 0.5) is 0 Å². The minimum Gasteiger partial charge on any atom is -0.386 e. The summed E-state index contributed by atoms with van der Waals surface area (Å²) < 4.78 is 4.71. The zero-order valence-corrected chi connectivity index (χ0v) is 11.2. The summed E-state index contributed by atoms with van der Waals surface area (Å²) in [5, 5.41) is 1.40. The van der Waals surface area contributed by atoms with Crippen LogP contribution < -0.4 is 0 Å². The molecular formula is C16H9ClO3. The molecule has 20 heavy (non-hydrogen) atoms. The summed E-state index contributed by atoms with van der Waals surface area (Å²) >= 11 is 5.60. The second-order valence-electron chi connectivity index (χ2n) is 4.31. The van der Waals surface area contributed by atoms with Crippen molar-refractivity contribution in [1.82, 2.24) is 0 Å². The normalized spacial score (nSPS) is 12.8. The molecule has 0 amide bonds. The van der Waals surface area contributed by atoms with Crippen molar-refractivity contribution >= 4 is 34.3 Å². The molecule has 4 heteroatoms. The van der Waals surface area contributed by atoms with Crippen LogP contribution in [0.3, 0.4) is 0 Å². The van der Waals surface area contributed by atoms with E-state index in [-0.39, 0.29) is 0 Å². The highest BCUT2D eigenvalue weighted by atomic mass is 35.5. The third kappa shape index (κ3) is 1.95. The second-order valence-corrected chi connectivity index (χ2v) is 4.68. The minimum atomic E-state index is -0.612. The summed E-state index contributed by atoms with van der Waals surface area (Å²) in [6.45, 7) is 0. The second kappa shape index (κ2) is 4.99. The molecule has 0 aliphatic carbocycles. The van der Waals surface area contributed by atoms with Gasteiger partial charge in [0.1, 0.15) is 0 Å². The van der Waals surface area contributed by atoms with Crippen LogP contribution in [-0.2, 0) is 4.74 Å². The fourth-order valence-electron chi connectivity index (χ4n) is 2.26. The number of esters is 2. The van der Waals surface area contributed by atoms with Gasteiger partial charge in [-0.25, -0.2) is 9.59 Å². The largest absolute Gasteiger partial charge is 0.386 e. The lowest BCUT2D eigenvalue weighted by Gasteiger charge is -2.15. The Labute approximate surface area is 120 Å². The first-order valence-electron chi connectivity index (χ1n) is 6.09. The number of cyclic esters (lactones) is 2. The Hall–Kier alpha value is -2.31. The Morgan fingerprint density at radius 1 is 1.05 bits per heavy atom. The highest BCUT2D eigenvalue weighted by Gasteiger charge is 2.27. The Bertz CT molecular complexity index is 776. The van der Waals surface area contributed by atoms with Crippen LogP contribution >= 0.6 is 11.6 Å². The zero-order chi connectivity index (χ0) is 14.1. The van der Waals surface area contributed by atoms with Crippen LogP contribution in [-0.4, -0.2) is 17.8 Å². The van der Waals surface area contributed by atoms with Gasteiger partial charge in [-0.2, -0.15) is 0 Å². The predicted octanol–water partition coefficient (Wildman–Crippen LogP) is 3.13. The molecule has 0 aromatic heterocycles. The van der Waals surface area contributed by atoms with Gasteiger partial charge in [0.15, 0.2) is 0 Å². The van der Waals surface area contributed by atoms with Crippen LogP contribution in [0.2, 0.25) is 0 Å². The van der Waals surface area contributed by atoms with Gasteiger partial charge in [0, 0.05) is 23.3 Å². The number of hydrogen-bond acceptors (Lipinski definition) is 3. The number of carbonyl (C=O) groups is 2. The lowest BCUT2D eigenvalue weighted by molar-refractivity contribution is 0.0391. The predicted molar refractivity (Wildman–Crippen MR) is 75.9 cm³/mol. The smallest absolute Gasteiger partial charge is 0.346 e. The molecule has 0 unspecified atom stereocenters. The molecule has 0 fully saturated rings. The first kappa shape index (κ1) is 12.7. The molecule has 0 saturated carbocycles. The van der Waals surface area contributed by atoms with Crippen molar-refractivity contribution in [2.75, 3.05) is 5.88 Å². The first-order chi connectivity index (χ1) is 9.72. The van der Waals surface area contributed by atoms with Gasteiger partial charge in [0.2, 0.25) is 0 Å². The Morgan fingerprint density at radius 3 is 2.55 bits per heavy atom. The number of alkyl halides is 1. The van der Waals surface area contributed by atoms with E-state index in [0.717, 1.165) is 10.9 Å². The maximum Gasteiger partial charge on any atom is 0.346 e. The molecule has 2 aromatic carbocycles. The number of ether oxygens (including phenoxy) is 1. The standard InChI is InChI=1S/C16H9ClO3/c17-9-2-1-4-10-7-8-13-14-11(10)5-3-6-12(14)15(18)20-16(13)19/h3,5-8H,2,9H2. The van der Waals surface area contributed by atoms with E-state index in [0.29, 0.717) is 28.8 Å². The van der Waals surface area contributed by atoms with Crippen molar-refractivity contribution in [3.63, 3.8) is 0 Å². The van der Waals surface area contributed by atoms with Crippen molar-refractivity contribution in [3.05, 3.63) is 47.0 Å². The number of rotatable bonds is 1. The summed E-state index contributed by atoms with van der Waals surface area (Å²) in [6, 6.07) is 8.66. The molecular weight excluding hydrogens is 276 g/mol. The summed E-state index contributed by atoms with van der Waals surface area (Å²) in [4.78, 5) is 23.5. The van der Waals surface area contributed by atoms with E-state index < -0.39 is 11.9 Å². The van der Waals surface area contributed by atoms with Gasteiger partial charge in [-0.15, -0.1) is 11.6 Å². The molecule has 3 rings (SSSR count). The van der Waals surface area contributed by atoms with Crippen molar-refractivity contribution in [2.45, 2.75) is 6.42 Å². The van der Waals surface area contributed by atoms with Crippen LogP contribution in [0.15, 0.2) is 30.3 Å². The molecule has 0 bridgehead atoms. The van der Waals surface area contributed by atoms with E-state index >= 15 is 0 Å². The van der Waals surface area contributed by atoms with Gasteiger partial charge in [-0.3, -0.25) is 0 Å². The SMILES string of the molecule is O=C1OC(=O)c2ccc(C#CCCCl)c3cccc1c23. The Morgan fingerprint density at radius 2 is 1.80 bits per heavy atom. The van der Waals surface area contributed by atoms with Gasteiger partial charge in [0.25, 0.3) is 0 Å². The van der Waals surface area contributed by atoms with Crippen molar-refractivity contribution < 1.29 is 14.3 Å². The van der Waals surface area contributed by atoms with Crippen LogP contribution in [0.1, 0.15) is 32.7 Å². The molecule has 0 radical (unpaired) electrons. The van der Waals surface area contributed by atoms with Gasteiger partial charge in [-0.1, -0.05) is 24.0 Å². The van der Waals surface area contributed by atoms with E-state index in [4.69, 9.17) is 16.3 Å². The molecule has 1 aliphatic heterocycles. The maximum absolute atomic E-state index is 11.8. The third-order valence-electron chi connectivity index (χ3n) is 3.11. The molecule has 2 aromatic rings. The molecule has 0 saturated heterocycles. The molecule has 1 heterocycles. The first-order valence-corrected chi connectivity index (χ1v) is 6.63. The van der Waals surface area contributed by atoms with Gasteiger partial charge in [0.05, 0.1) is 11.1 Å². The van der Waals surface area contributed by atoms with Crippen LogP contribution in [0, 0.1) is 11.8 Å². The van der Waals surface area contributed by atoms with Gasteiger partial charge in [-0.05, 0) is 23.6 Å². The fraction of sp³-hybridized carbons (Fsp3) is 0.125. The lowest BCUT2D eigenvalue weighted by atomic mass is 9.94. The minimum absolute atomic E-state index is 0.401. The number of hydrogen-bond donors (Lipinski definition) is 0. The quantitative estimate of drug-likeness (QED) is 0.350. The summed E-state index contributed by atoms with van der Waals surface area (Å²) in [5.41, 5.74) is 1.58. The van der Waals surface area contributed by atoms with E-state index in [1.807, 2.05) is 6.07 Å². The van der Waals surface area contributed by atoms with Crippen molar-refractivity contribution in [3.8, 4) is 11.8 Å². The average Bonchev–Trinajstić information content (AvgIpc) is 2.45. The lowest BCUT2D eigenvalue weighted by Crippen LogP contribution is -2.19. The Kier molecular flexibility index (Phi) is 3.17. The molecule has 1 aliphatic rings. The molecule has 3 nitrogen and oxygen atoms in total. The van der Waals surface area contributed by atoms with E-state index in [1.165, 1.54) is 0 Å². The van der Waals surface area contributed by atoms with Crippen molar-refractivity contribution in [2.24, 2.45) is 0 Å². The summed E-state index contributed by atoms with van der Waals surface area (Å²) in [7, 11) is 0. The van der Waals surface area contributed by atoms with Gasteiger partial charge < -0.3 is 4.74 Å². The van der Waals surface area contributed by atoms with E-state index in [9.17, 15) is 9.59 Å². The molecule has 0 atom stereocenters. The summed E-state index contributed by atoms with van der Waals surface area (Å²) in [6.07, 6.45) is 0.589. The molecule has 98 valence electrons. The highest BCUT2D eigenvalue weighted by Crippen LogP contribution is 2.30. The van der Waals surface area contributed by atoms with Crippen LogP contribution in [0.25, 0.3) is 10.8 Å². The maximum atomic E-state index is 11.8. The number of halogens is 1. The zero-order valence-electron chi connectivity index (χ0n) is 10.4. The summed E-state index contributed by atoms with van der Waals surface area (Å²) in [5.74, 6) is 5.23. The van der Waals surface area contributed by atoms with Gasteiger partial charge >= 0.3 is 11.9 Å². The third-order valence-corrected chi connectivity index (χ3v) is 3.30. The highest BCUT2D eigenvalue weighted by molar-refractivity contribution is 6.21. The number of carbonyl (C=O) groups excluding carboxylic acids is 2. The number of benzene rings is 2.